The number of hydrogen-bond donors (Lipinski definition) is 4. The molecule has 1 heterocycles. The topological polar surface area (TPSA) is 131 Å². The van der Waals surface area contributed by atoms with Gasteiger partial charge in [0.25, 0.3) is 11.8 Å². The molecular formula is C26H30N4O4S. The number of nitrogens with two attached hydrogens (primary N) is 1. The summed E-state index contributed by atoms with van der Waals surface area (Å²) in [5.41, 5.74) is 10.6. The Balaban J connectivity index is 1.51. The van der Waals surface area contributed by atoms with Gasteiger partial charge >= 0.3 is 0 Å². The molecule has 2 atom stereocenters. The van der Waals surface area contributed by atoms with Crippen molar-refractivity contribution in [2.24, 2.45) is 5.73 Å². The number of carbonyl (C=O) groups excluding carboxylic acids is 2. The van der Waals surface area contributed by atoms with Crippen molar-refractivity contribution in [1.29, 1.82) is 0 Å². The van der Waals surface area contributed by atoms with Gasteiger partial charge < -0.3 is 15.6 Å². The molecule has 2 amide bonds. The summed E-state index contributed by atoms with van der Waals surface area (Å²) in [5.74, 6) is 6.38. The Labute approximate surface area is 208 Å². The molecule has 1 saturated heterocycles. The Bertz CT molecular complexity index is 1080. The predicted octanol–water partition coefficient (Wildman–Crippen LogP) is 1.27. The smallest absolute Gasteiger partial charge is 0.267 e. The number of nitrogens with zero attached hydrogens (tertiary/aromatic N) is 1. The number of allylic oxidation sites excluding steroid dienone is 1. The van der Waals surface area contributed by atoms with Crippen LogP contribution >= 0.6 is 0 Å². The maximum Gasteiger partial charge on any atom is 0.267 e. The van der Waals surface area contributed by atoms with E-state index in [1.807, 2.05) is 18.2 Å². The van der Waals surface area contributed by atoms with Crippen LogP contribution in [0.3, 0.4) is 0 Å². The van der Waals surface area contributed by atoms with Gasteiger partial charge in [0, 0.05) is 36.8 Å². The maximum absolute atomic E-state index is 12.4. The zero-order chi connectivity index (χ0) is 25.2. The van der Waals surface area contributed by atoms with Gasteiger partial charge in [-0.05, 0) is 54.5 Å². The highest BCUT2D eigenvalue weighted by Gasteiger charge is 2.24. The Morgan fingerprint density at radius 3 is 2.43 bits per heavy atom. The lowest BCUT2D eigenvalue weighted by atomic mass is 10.1. The molecule has 2 aromatic rings. The van der Waals surface area contributed by atoms with E-state index in [1.165, 1.54) is 11.0 Å². The summed E-state index contributed by atoms with van der Waals surface area (Å²) in [4.78, 5) is 26.3. The average molecular weight is 495 g/mol. The van der Waals surface area contributed by atoms with E-state index in [9.17, 15) is 14.1 Å². The molecule has 0 aliphatic carbocycles. The van der Waals surface area contributed by atoms with Crippen LogP contribution in [0.4, 0.5) is 0 Å². The third-order valence-electron chi connectivity index (χ3n) is 5.58. The van der Waals surface area contributed by atoms with E-state index in [0.717, 1.165) is 42.3 Å². The molecule has 0 saturated carbocycles. The number of rotatable bonds is 7. The minimum atomic E-state index is -1.05. The molecule has 3 rings (SSSR count). The van der Waals surface area contributed by atoms with E-state index < -0.39 is 35.1 Å². The highest BCUT2D eigenvalue weighted by atomic mass is 32.2. The standard InChI is InChI=1S/C26H30N4O4S/c1-19(27)24(26(32)29-33)28-25(31)23-12-10-21(11-13-23)5-3-2-4-20-6-8-22(9-7-20)18-30-14-16-35(34)17-15-30/h3,5-13,19,24,33H,14-18,27H2,1H3,(H,28,31)(H,29,32)/b5-3+/t19-,24+/m1/s1. The summed E-state index contributed by atoms with van der Waals surface area (Å²) in [6, 6.07) is 13.2. The molecule has 1 fully saturated rings. The van der Waals surface area contributed by atoms with Gasteiger partial charge in [0.15, 0.2) is 0 Å². The summed E-state index contributed by atoms with van der Waals surface area (Å²) in [7, 11) is 0. The zero-order valence-corrected chi connectivity index (χ0v) is 20.4. The lowest BCUT2D eigenvalue weighted by molar-refractivity contribution is -0.131. The van der Waals surface area contributed by atoms with Gasteiger partial charge in [0.2, 0.25) is 0 Å². The molecule has 1 aliphatic heterocycles. The zero-order valence-electron chi connectivity index (χ0n) is 19.6. The number of hydrogen-bond acceptors (Lipinski definition) is 6. The third-order valence-corrected chi connectivity index (χ3v) is 6.86. The molecular weight excluding hydrogens is 464 g/mol. The van der Waals surface area contributed by atoms with Gasteiger partial charge in [0.05, 0.1) is 0 Å². The van der Waals surface area contributed by atoms with Gasteiger partial charge in [-0.25, -0.2) is 5.48 Å². The Morgan fingerprint density at radius 1 is 1.17 bits per heavy atom. The summed E-state index contributed by atoms with van der Waals surface area (Å²) >= 11 is -0.660. The molecule has 35 heavy (non-hydrogen) atoms. The average Bonchev–Trinajstić information content (AvgIpc) is 2.87. The number of amides is 2. The van der Waals surface area contributed by atoms with Crippen LogP contribution in [0.25, 0.3) is 6.08 Å². The second kappa shape index (κ2) is 13.1. The molecule has 0 aromatic heterocycles. The first-order valence-corrected chi connectivity index (χ1v) is 12.8. The fourth-order valence-electron chi connectivity index (χ4n) is 3.52. The molecule has 0 bridgehead atoms. The molecule has 2 aromatic carbocycles. The molecule has 9 heteroatoms. The van der Waals surface area contributed by atoms with Crippen LogP contribution in [0.15, 0.2) is 54.6 Å². The van der Waals surface area contributed by atoms with Gasteiger partial charge in [-0.15, -0.1) is 0 Å². The van der Waals surface area contributed by atoms with E-state index >= 15 is 0 Å². The molecule has 0 unspecified atom stereocenters. The van der Waals surface area contributed by atoms with Gasteiger partial charge in [-0.1, -0.05) is 47.3 Å². The van der Waals surface area contributed by atoms with Crippen molar-refractivity contribution in [3.8, 4) is 11.8 Å². The van der Waals surface area contributed by atoms with Crippen molar-refractivity contribution in [3.05, 3.63) is 76.9 Å². The fourth-order valence-corrected chi connectivity index (χ4v) is 4.65. The number of hydroxylamine groups is 1. The van der Waals surface area contributed by atoms with Crippen LogP contribution in [-0.2, 0) is 22.5 Å². The van der Waals surface area contributed by atoms with Crippen molar-refractivity contribution in [2.75, 3.05) is 24.6 Å². The molecule has 8 nitrogen and oxygen atoms in total. The van der Waals surface area contributed by atoms with Crippen LogP contribution < -0.4 is 16.5 Å². The lowest BCUT2D eigenvalue weighted by Gasteiger charge is -2.27. The van der Waals surface area contributed by atoms with Gasteiger partial charge in [0.1, 0.15) is 17.5 Å². The summed E-state index contributed by atoms with van der Waals surface area (Å²) in [6.07, 6.45) is 3.59. The van der Waals surface area contributed by atoms with Crippen molar-refractivity contribution >= 4 is 29.1 Å². The van der Waals surface area contributed by atoms with E-state index in [4.69, 9.17) is 10.9 Å². The quantitative estimate of drug-likeness (QED) is 0.198. The Hall–Kier alpha value is -3.13. The number of nitrogens with one attached hydrogen (secondary N) is 2. The Kier molecular flexibility index (Phi) is 9.90. The summed E-state index contributed by atoms with van der Waals surface area (Å²) in [6.45, 7) is 4.17. The normalized spacial score (nSPS) is 16.2. The third kappa shape index (κ3) is 8.24. The van der Waals surface area contributed by atoms with Crippen LogP contribution in [0.2, 0.25) is 0 Å². The Morgan fingerprint density at radius 2 is 1.83 bits per heavy atom. The second-order valence-electron chi connectivity index (χ2n) is 8.33. The van der Waals surface area contributed by atoms with E-state index in [2.05, 4.69) is 34.2 Å². The lowest BCUT2D eigenvalue weighted by Crippen LogP contribution is -2.54. The van der Waals surface area contributed by atoms with Crippen LogP contribution in [0, 0.1) is 11.8 Å². The van der Waals surface area contributed by atoms with Gasteiger partial charge in [-0.2, -0.15) is 0 Å². The summed E-state index contributed by atoms with van der Waals surface area (Å²) < 4.78 is 11.5. The first-order valence-electron chi connectivity index (χ1n) is 11.3. The van der Waals surface area contributed by atoms with Crippen molar-refractivity contribution < 1.29 is 19.3 Å². The molecule has 0 spiro atoms. The van der Waals surface area contributed by atoms with Crippen molar-refractivity contribution in [3.63, 3.8) is 0 Å². The van der Waals surface area contributed by atoms with Crippen molar-refractivity contribution in [2.45, 2.75) is 25.6 Å². The predicted molar refractivity (Wildman–Crippen MR) is 137 cm³/mol. The van der Waals surface area contributed by atoms with Crippen LogP contribution in [-0.4, -0.2) is 63.2 Å². The number of carbonyl (C=O) groups is 2. The molecule has 1 aliphatic rings. The SMILES string of the molecule is C[C@@H](N)[C@H](NC(=O)c1ccc(/C=C/C#Cc2ccc(CN3CC[S+]([O-])CC3)cc2)cc1)C(=O)NO. The largest absolute Gasteiger partial charge is 0.616 e. The molecule has 184 valence electrons. The van der Waals surface area contributed by atoms with Gasteiger partial charge in [-0.3, -0.25) is 19.7 Å². The molecule has 0 radical (unpaired) electrons. The van der Waals surface area contributed by atoms with Crippen LogP contribution in [0.1, 0.15) is 34.0 Å². The second-order valence-corrected chi connectivity index (χ2v) is 10.0. The highest BCUT2D eigenvalue weighted by Crippen LogP contribution is 2.11. The van der Waals surface area contributed by atoms with E-state index in [1.54, 1.807) is 37.3 Å². The minimum absolute atomic E-state index is 0.363. The van der Waals surface area contributed by atoms with E-state index in [0.29, 0.717) is 5.56 Å². The maximum atomic E-state index is 12.4. The monoisotopic (exact) mass is 494 g/mol. The van der Waals surface area contributed by atoms with E-state index in [-0.39, 0.29) is 0 Å². The minimum Gasteiger partial charge on any atom is -0.616 e. The molecule has 5 N–H and O–H groups in total. The van der Waals surface area contributed by atoms with Crippen molar-refractivity contribution in [1.82, 2.24) is 15.7 Å². The first-order chi connectivity index (χ1) is 16.9. The highest BCUT2D eigenvalue weighted by molar-refractivity contribution is 7.91. The van der Waals surface area contributed by atoms with Crippen LogP contribution in [0.5, 0.6) is 0 Å². The summed E-state index contributed by atoms with van der Waals surface area (Å²) in [5, 5.41) is 11.3. The number of benzene rings is 2. The fraction of sp³-hybridized carbons (Fsp3) is 0.308. The first kappa shape index (κ1) is 26.5.